The fraction of sp³-hybridized carbons (Fsp3) is 0.0968. The number of amides is 1. The molecule has 1 amide bonds. The van der Waals surface area contributed by atoms with Gasteiger partial charge in [-0.15, -0.1) is 11.3 Å². The highest BCUT2D eigenvalue weighted by atomic mass is 32.1. The minimum absolute atomic E-state index is 0.0485. The SMILES string of the molecule is COc1ccc(-c2nn(-c3ccccc3)cc2C=C(C#N)C(=O)Nc2ncc(Cc3ccc(C)cc3)s2)cc1. The van der Waals surface area contributed by atoms with Crippen LogP contribution in [0.15, 0.2) is 96.8 Å². The zero-order valence-corrected chi connectivity index (χ0v) is 22.3. The van der Waals surface area contributed by atoms with Gasteiger partial charge in [0, 0.05) is 34.8 Å². The summed E-state index contributed by atoms with van der Waals surface area (Å²) in [5.74, 6) is 0.197. The number of para-hydroxylation sites is 1. The van der Waals surface area contributed by atoms with Crippen molar-refractivity contribution >= 4 is 28.5 Å². The molecule has 5 rings (SSSR count). The summed E-state index contributed by atoms with van der Waals surface area (Å²) < 4.78 is 7.01. The van der Waals surface area contributed by atoms with Crippen LogP contribution in [0.2, 0.25) is 0 Å². The van der Waals surface area contributed by atoms with Crippen molar-refractivity contribution in [2.24, 2.45) is 0 Å². The predicted octanol–water partition coefficient (Wildman–Crippen LogP) is 6.45. The minimum atomic E-state index is -0.526. The monoisotopic (exact) mass is 531 g/mol. The number of methoxy groups -OCH3 is 1. The summed E-state index contributed by atoms with van der Waals surface area (Å²) in [6.07, 6.45) is 5.84. The molecule has 39 heavy (non-hydrogen) atoms. The van der Waals surface area contributed by atoms with Crippen molar-refractivity contribution in [2.45, 2.75) is 13.3 Å². The maximum atomic E-state index is 13.1. The van der Waals surface area contributed by atoms with E-state index < -0.39 is 5.91 Å². The first-order valence-corrected chi connectivity index (χ1v) is 13.1. The van der Waals surface area contributed by atoms with E-state index in [1.807, 2.05) is 66.9 Å². The topological polar surface area (TPSA) is 92.8 Å². The Kier molecular flexibility index (Phi) is 7.62. The van der Waals surface area contributed by atoms with Crippen molar-refractivity contribution in [3.63, 3.8) is 0 Å². The predicted molar refractivity (Wildman–Crippen MR) is 154 cm³/mol. The minimum Gasteiger partial charge on any atom is -0.497 e. The number of nitriles is 1. The molecule has 0 saturated carbocycles. The van der Waals surface area contributed by atoms with E-state index in [4.69, 9.17) is 9.84 Å². The van der Waals surface area contributed by atoms with Gasteiger partial charge in [0.05, 0.1) is 18.5 Å². The molecule has 5 aromatic rings. The lowest BCUT2D eigenvalue weighted by Crippen LogP contribution is -2.13. The number of aryl methyl sites for hydroxylation is 1. The average molecular weight is 532 g/mol. The Morgan fingerprint density at radius 1 is 1.08 bits per heavy atom. The number of benzene rings is 3. The Labute approximate surface area is 230 Å². The van der Waals surface area contributed by atoms with E-state index in [-0.39, 0.29) is 5.57 Å². The molecule has 0 atom stereocenters. The quantitative estimate of drug-likeness (QED) is 0.183. The van der Waals surface area contributed by atoms with Crippen molar-refractivity contribution in [1.82, 2.24) is 14.8 Å². The van der Waals surface area contributed by atoms with E-state index in [1.54, 1.807) is 24.1 Å². The van der Waals surface area contributed by atoms with Crippen molar-refractivity contribution in [3.05, 3.63) is 118 Å². The number of aromatic nitrogens is 3. The number of nitrogens with one attached hydrogen (secondary N) is 1. The Bertz CT molecular complexity index is 1660. The molecular formula is C31H25N5O2S. The molecule has 8 heteroatoms. The summed E-state index contributed by atoms with van der Waals surface area (Å²) in [5, 5.41) is 17.9. The van der Waals surface area contributed by atoms with E-state index in [0.29, 0.717) is 16.4 Å². The van der Waals surface area contributed by atoms with Gasteiger partial charge < -0.3 is 4.74 Å². The van der Waals surface area contributed by atoms with E-state index in [2.05, 4.69) is 41.5 Å². The molecule has 192 valence electrons. The number of ether oxygens (including phenoxy) is 1. The first kappa shape index (κ1) is 25.6. The average Bonchev–Trinajstić information content (AvgIpc) is 3.60. The van der Waals surface area contributed by atoms with Crippen LogP contribution in [0.25, 0.3) is 23.0 Å². The summed E-state index contributed by atoms with van der Waals surface area (Å²) in [6.45, 7) is 2.05. The van der Waals surface area contributed by atoms with Crippen LogP contribution < -0.4 is 10.1 Å². The van der Waals surface area contributed by atoms with Crippen molar-refractivity contribution in [2.75, 3.05) is 12.4 Å². The van der Waals surface area contributed by atoms with Gasteiger partial charge in [0.25, 0.3) is 5.91 Å². The van der Waals surface area contributed by atoms with Crippen LogP contribution in [0.5, 0.6) is 5.75 Å². The lowest BCUT2D eigenvalue weighted by molar-refractivity contribution is -0.112. The highest BCUT2D eigenvalue weighted by Crippen LogP contribution is 2.28. The van der Waals surface area contributed by atoms with Gasteiger partial charge in [-0.25, -0.2) is 9.67 Å². The molecule has 0 unspecified atom stereocenters. The zero-order chi connectivity index (χ0) is 27.2. The van der Waals surface area contributed by atoms with Gasteiger partial charge in [0.1, 0.15) is 17.4 Å². The molecule has 0 spiro atoms. The molecule has 0 aliphatic carbocycles. The zero-order valence-electron chi connectivity index (χ0n) is 21.5. The Morgan fingerprint density at radius 3 is 2.51 bits per heavy atom. The van der Waals surface area contributed by atoms with Gasteiger partial charge in [0.2, 0.25) is 0 Å². The maximum absolute atomic E-state index is 13.1. The number of carbonyl (C=O) groups excluding carboxylic acids is 1. The number of hydrogen-bond donors (Lipinski definition) is 1. The molecule has 0 saturated heterocycles. The Hall–Kier alpha value is -5.00. The van der Waals surface area contributed by atoms with Crippen LogP contribution in [0.3, 0.4) is 0 Å². The first-order chi connectivity index (χ1) is 19.0. The van der Waals surface area contributed by atoms with Crippen molar-refractivity contribution in [3.8, 4) is 28.8 Å². The van der Waals surface area contributed by atoms with Crippen molar-refractivity contribution < 1.29 is 9.53 Å². The maximum Gasteiger partial charge on any atom is 0.268 e. The highest BCUT2D eigenvalue weighted by molar-refractivity contribution is 7.15. The van der Waals surface area contributed by atoms with Gasteiger partial charge in [0.15, 0.2) is 5.13 Å². The van der Waals surface area contributed by atoms with Crippen LogP contribution in [0, 0.1) is 18.3 Å². The second-order valence-corrected chi connectivity index (χ2v) is 9.97. The van der Waals surface area contributed by atoms with Crippen LogP contribution in [-0.4, -0.2) is 27.8 Å². The molecule has 0 bridgehead atoms. The summed E-state index contributed by atoms with van der Waals surface area (Å²) in [7, 11) is 1.61. The van der Waals surface area contributed by atoms with Gasteiger partial charge in [-0.05, 0) is 55.0 Å². The molecule has 7 nitrogen and oxygen atoms in total. The molecule has 0 radical (unpaired) electrons. The lowest BCUT2D eigenvalue weighted by Gasteiger charge is -2.03. The van der Waals surface area contributed by atoms with Gasteiger partial charge in [-0.1, -0.05) is 48.0 Å². The molecule has 0 fully saturated rings. The number of thiazole rings is 1. The summed E-state index contributed by atoms with van der Waals surface area (Å²) in [5.41, 5.74) is 5.28. The fourth-order valence-corrected chi connectivity index (χ4v) is 4.84. The summed E-state index contributed by atoms with van der Waals surface area (Å²) in [4.78, 5) is 18.4. The number of anilines is 1. The van der Waals surface area contributed by atoms with Gasteiger partial charge in [-0.2, -0.15) is 10.4 Å². The normalized spacial score (nSPS) is 11.2. The van der Waals surface area contributed by atoms with Gasteiger partial charge in [-0.3, -0.25) is 10.1 Å². The van der Waals surface area contributed by atoms with Crippen LogP contribution in [-0.2, 0) is 11.2 Å². The van der Waals surface area contributed by atoms with Crippen molar-refractivity contribution in [1.29, 1.82) is 5.26 Å². The third-order valence-corrected chi connectivity index (χ3v) is 6.98. The molecule has 0 aliphatic heterocycles. The Balaban J connectivity index is 1.41. The largest absolute Gasteiger partial charge is 0.497 e. The number of carbonyl (C=O) groups is 1. The molecule has 2 aromatic heterocycles. The third kappa shape index (κ3) is 6.12. The van der Waals surface area contributed by atoms with Crippen LogP contribution in [0.1, 0.15) is 21.6 Å². The standard InChI is InChI=1S/C31H25N5O2S/c1-21-8-10-22(11-9-21)16-28-19-33-31(39-28)34-30(37)24(18-32)17-25-20-36(26-6-4-3-5-7-26)35-29(25)23-12-14-27(38-2)15-13-23/h3-15,17,19-20H,16H2,1-2H3,(H,33,34,37). The summed E-state index contributed by atoms with van der Waals surface area (Å²) >= 11 is 1.39. The van der Waals surface area contributed by atoms with E-state index in [0.717, 1.165) is 28.3 Å². The molecular weight excluding hydrogens is 506 g/mol. The number of hydrogen-bond acceptors (Lipinski definition) is 6. The fourth-order valence-electron chi connectivity index (χ4n) is 4.00. The van der Waals surface area contributed by atoms with E-state index in [1.165, 1.54) is 22.5 Å². The second-order valence-electron chi connectivity index (χ2n) is 8.86. The first-order valence-electron chi connectivity index (χ1n) is 12.3. The van der Waals surface area contributed by atoms with Gasteiger partial charge >= 0.3 is 0 Å². The third-order valence-electron chi connectivity index (χ3n) is 6.06. The van der Waals surface area contributed by atoms with E-state index >= 15 is 0 Å². The molecule has 3 aromatic carbocycles. The number of nitrogens with zero attached hydrogens (tertiary/aromatic N) is 4. The molecule has 0 aliphatic rings. The highest BCUT2D eigenvalue weighted by Gasteiger charge is 2.17. The van der Waals surface area contributed by atoms with Crippen LogP contribution >= 0.6 is 11.3 Å². The Morgan fingerprint density at radius 2 is 1.82 bits per heavy atom. The van der Waals surface area contributed by atoms with Crippen LogP contribution in [0.4, 0.5) is 5.13 Å². The molecule has 2 heterocycles. The van der Waals surface area contributed by atoms with E-state index in [9.17, 15) is 10.1 Å². The smallest absolute Gasteiger partial charge is 0.268 e. The summed E-state index contributed by atoms with van der Waals surface area (Å²) in [6, 6.07) is 27.5. The molecule has 1 N–H and O–H groups in total. The number of rotatable bonds is 8. The second kappa shape index (κ2) is 11.6. The lowest BCUT2D eigenvalue weighted by atomic mass is 10.1.